The molecule has 0 spiro atoms. The molecule has 1 aromatic rings. The average Bonchev–Trinajstić information content (AvgIpc) is 2.47. The van der Waals surface area contributed by atoms with Crippen LogP contribution < -0.4 is 0 Å². The van der Waals surface area contributed by atoms with Crippen molar-refractivity contribution < 1.29 is 4.79 Å². The van der Waals surface area contributed by atoms with Gasteiger partial charge in [-0.3, -0.25) is 4.79 Å². The lowest BCUT2D eigenvalue weighted by Crippen LogP contribution is -2.47. The first-order valence-corrected chi connectivity index (χ1v) is 7.76. The van der Waals surface area contributed by atoms with E-state index >= 15 is 0 Å². The highest BCUT2D eigenvalue weighted by atomic mass is 32.1. The van der Waals surface area contributed by atoms with Crippen LogP contribution >= 0.6 is 12.6 Å². The molecule has 0 aliphatic carbocycles. The zero-order chi connectivity index (χ0) is 13.7. The molecular formula is C16H23NOS. The van der Waals surface area contributed by atoms with E-state index in [-0.39, 0.29) is 11.2 Å². The summed E-state index contributed by atoms with van der Waals surface area (Å²) in [5.74, 6) is 0.207. The molecule has 0 N–H and O–H groups in total. The standard InChI is InChI=1S/C16H23NOS/c1-2-14-10-6-7-11-17(14)16(18)15(19)12-13-8-4-3-5-9-13/h3-5,8-9,14-15,19H,2,6-7,10-12H2,1H3. The summed E-state index contributed by atoms with van der Waals surface area (Å²) in [7, 11) is 0. The van der Waals surface area contributed by atoms with Crippen molar-refractivity contribution >= 4 is 18.5 Å². The largest absolute Gasteiger partial charge is 0.339 e. The number of benzene rings is 1. The predicted octanol–water partition coefficient (Wildman–Crippen LogP) is 3.32. The Bertz CT molecular complexity index is 406. The monoisotopic (exact) mass is 277 g/mol. The quantitative estimate of drug-likeness (QED) is 0.837. The van der Waals surface area contributed by atoms with E-state index in [9.17, 15) is 4.79 Å². The van der Waals surface area contributed by atoms with Gasteiger partial charge in [0.25, 0.3) is 0 Å². The summed E-state index contributed by atoms with van der Waals surface area (Å²) in [5.41, 5.74) is 1.18. The molecule has 0 aromatic heterocycles. The second-order valence-electron chi connectivity index (χ2n) is 5.30. The van der Waals surface area contributed by atoms with Gasteiger partial charge in [0.2, 0.25) is 5.91 Å². The zero-order valence-electron chi connectivity index (χ0n) is 11.6. The van der Waals surface area contributed by atoms with Gasteiger partial charge >= 0.3 is 0 Å². The van der Waals surface area contributed by atoms with Crippen LogP contribution in [0.1, 0.15) is 38.2 Å². The molecule has 1 aliphatic rings. The van der Waals surface area contributed by atoms with E-state index in [4.69, 9.17) is 0 Å². The molecule has 3 heteroatoms. The molecule has 2 unspecified atom stereocenters. The maximum Gasteiger partial charge on any atom is 0.236 e. The average molecular weight is 277 g/mol. The van der Waals surface area contributed by atoms with Crippen LogP contribution in [0, 0.1) is 0 Å². The fourth-order valence-corrected chi connectivity index (χ4v) is 3.19. The van der Waals surface area contributed by atoms with Crippen molar-refractivity contribution in [3.05, 3.63) is 35.9 Å². The predicted molar refractivity (Wildman–Crippen MR) is 82.6 cm³/mol. The van der Waals surface area contributed by atoms with E-state index in [0.717, 1.165) is 32.2 Å². The fraction of sp³-hybridized carbons (Fsp3) is 0.562. The smallest absolute Gasteiger partial charge is 0.236 e. The lowest BCUT2D eigenvalue weighted by Gasteiger charge is -2.36. The molecule has 1 amide bonds. The van der Waals surface area contributed by atoms with Gasteiger partial charge < -0.3 is 4.90 Å². The molecule has 2 atom stereocenters. The Morgan fingerprint density at radius 2 is 2.11 bits per heavy atom. The molecule has 1 heterocycles. The number of nitrogens with zero attached hydrogens (tertiary/aromatic N) is 1. The molecule has 19 heavy (non-hydrogen) atoms. The number of thiol groups is 1. The van der Waals surface area contributed by atoms with Crippen molar-refractivity contribution in [1.29, 1.82) is 0 Å². The highest BCUT2D eigenvalue weighted by Gasteiger charge is 2.28. The molecule has 104 valence electrons. The second-order valence-corrected chi connectivity index (χ2v) is 5.92. The van der Waals surface area contributed by atoms with Crippen molar-refractivity contribution in [1.82, 2.24) is 4.90 Å². The third-order valence-corrected chi connectivity index (χ3v) is 4.34. The molecular weight excluding hydrogens is 254 g/mol. The van der Waals surface area contributed by atoms with E-state index in [1.54, 1.807) is 0 Å². The number of carbonyl (C=O) groups is 1. The first-order chi connectivity index (χ1) is 9.22. The maximum atomic E-state index is 12.5. The van der Waals surface area contributed by atoms with Crippen LogP contribution in [0.2, 0.25) is 0 Å². The minimum Gasteiger partial charge on any atom is -0.339 e. The third-order valence-electron chi connectivity index (χ3n) is 3.94. The second kappa shape index (κ2) is 6.99. The van der Waals surface area contributed by atoms with Crippen molar-refractivity contribution in [3.8, 4) is 0 Å². The molecule has 1 fully saturated rings. The molecule has 0 bridgehead atoms. The Labute approximate surface area is 121 Å². The molecule has 1 aromatic carbocycles. The van der Waals surface area contributed by atoms with Gasteiger partial charge in [-0.15, -0.1) is 0 Å². The highest BCUT2D eigenvalue weighted by Crippen LogP contribution is 2.22. The van der Waals surface area contributed by atoms with E-state index in [1.165, 1.54) is 12.0 Å². The summed E-state index contributed by atoms with van der Waals surface area (Å²) in [4.78, 5) is 14.6. The number of hydrogen-bond acceptors (Lipinski definition) is 2. The summed E-state index contributed by atoms with van der Waals surface area (Å²) < 4.78 is 0. The van der Waals surface area contributed by atoms with Gasteiger partial charge in [-0.25, -0.2) is 0 Å². The number of likely N-dealkylation sites (tertiary alicyclic amines) is 1. The first kappa shape index (κ1) is 14.4. The van der Waals surface area contributed by atoms with E-state index in [1.807, 2.05) is 18.2 Å². The SMILES string of the molecule is CCC1CCCCN1C(=O)C(S)Cc1ccccc1. The molecule has 0 radical (unpaired) electrons. The van der Waals surface area contributed by atoms with Crippen LogP contribution in [0.25, 0.3) is 0 Å². The topological polar surface area (TPSA) is 20.3 Å². The van der Waals surface area contributed by atoms with Crippen molar-refractivity contribution in [3.63, 3.8) is 0 Å². The summed E-state index contributed by atoms with van der Waals surface area (Å²) in [6.45, 7) is 3.07. The summed E-state index contributed by atoms with van der Waals surface area (Å²) in [6.07, 6.45) is 5.30. The van der Waals surface area contributed by atoms with Crippen molar-refractivity contribution in [2.24, 2.45) is 0 Å². The number of piperidine rings is 1. The summed E-state index contributed by atoms with van der Waals surface area (Å²) in [5, 5.41) is -0.213. The van der Waals surface area contributed by atoms with Crippen LogP contribution in [-0.4, -0.2) is 28.6 Å². The van der Waals surface area contributed by atoms with Gasteiger partial charge in [0.1, 0.15) is 0 Å². The van der Waals surface area contributed by atoms with E-state index in [2.05, 4.69) is 36.6 Å². The Morgan fingerprint density at radius 3 is 2.79 bits per heavy atom. The third kappa shape index (κ3) is 3.75. The van der Waals surface area contributed by atoms with Crippen LogP contribution in [0.3, 0.4) is 0 Å². The highest BCUT2D eigenvalue weighted by molar-refractivity contribution is 7.81. The van der Waals surface area contributed by atoms with Gasteiger partial charge in [-0.05, 0) is 37.7 Å². The Balaban J connectivity index is 1.98. The minimum absolute atomic E-state index is 0.207. The number of carbonyl (C=O) groups excluding carboxylic acids is 1. The lowest BCUT2D eigenvalue weighted by molar-refractivity contribution is -0.134. The maximum absolute atomic E-state index is 12.5. The molecule has 0 saturated carbocycles. The Kier molecular flexibility index (Phi) is 5.32. The van der Waals surface area contributed by atoms with Gasteiger partial charge in [-0.2, -0.15) is 12.6 Å². The zero-order valence-corrected chi connectivity index (χ0v) is 12.5. The van der Waals surface area contributed by atoms with Gasteiger partial charge in [-0.1, -0.05) is 37.3 Å². The number of rotatable bonds is 4. The number of amides is 1. The Morgan fingerprint density at radius 1 is 1.37 bits per heavy atom. The van der Waals surface area contributed by atoms with E-state index in [0.29, 0.717) is 6.04 Å². The lowest BCUT2D eigenvalue weighted by atomic mass is 9.99. The van der Waals surface area contributed by atoms with Gasteiger partial charge in [0.05, 0.1) is 5.25 Å². The normalized spacial score (nSPS) is 21.2. The van der Waals surface area contributed by atoms with E-state index < -0.39 is 0 Å². The first-order valence-electron chi connectivity index (χ1n) is 7.25. The van der Waals surface area contributed by atoms with Crippen molar-refractivity contribution in [2.45, 2.75) is 50.3 Å². The molecule has 2 rings (SSSR count). The summed E-state index contributed by atoms with van der Waals surface area (Å²) in [6, 6.07) is 10.6. The number of hydrogen-bond donors (Lipinski definition) is 1. The molecule has 1 saturated heterocycles. The van der Waals surface area contributed by atoms with Crippen LogP contribution in [0.5, 0.6) is 0 Å². The fourth-order valence-electron chi connectivity index (χ4n) is 2.83. The van der Waals surface area contributed by atoms with Gasteiger partial charge in [0, 0.05) is 12.6 Å². The minimum atomic E-state index is -0.213. The summed E-state index contributed by atoms with van der Waals surface area (Å²) >= 11 is 4.53. The Hall–Kier alpha value is -0.960. The van der Waals surface area contributed by atoms with Crippen LogP contribution in [0.15, 0.2) is 30.3 Å². The van der Waals surface area contributed by atoms with Gasteiger partial charge in [0.15, 0.2) is 0 Å². The van der Waals surface area contributed by atoms with Crippen LogP contribution in [0.4, 0.5) is 0 Å². The molecule has 2 nitrogen and oxygen atoms in total. The van der Waals surface area contributed by atoms with Crippen LogP contribution in [-0.2, 0) is 11.2 Å². The van der Waals surface area contributed by atoms with Crippen molar-refractivity contribution in [2.75, 3.05) is 6.54 Å². The molecule has 1 aliphatic heterocycles.